The fourth-order valence-corrected chi connectivity index (χ4v) is 2.95. The van der Waals surface area contributed by atoms with E-state index in [9.17, 15) is 0 Å². The third-order valence-corrected chi connectivity index (χ3v) is 4.24. The number of nitrogens with two attached hydrogens (primary N) is 1. The Hall–Kier alpha value is -1.55. The van der Waals surface area contributed by atoms with Gasteiger partial charge in [0.05, 0.1) is 13.2 Å². The zero-order chi connectivity index (χ0) is 13.2. The molecule has 0 aliphatic carbocycles. The van der Waals surface area contributed by atoms with Crippen molar-refractivity contribution in [2.75, 3.05) is 7.11 Å². The molecule has 1 heterocycles. The summed E-state index contributed by atoms with van der Waals surface area (Å²) in [4.78, 5) is 1.19. The van der Waals surface area contributed by atoms with Gasteiger partial charge in [-0.05, 0) is 46.0 Å². The Morgan fingerprint density at radius 1 is 1.05 bits per heavy atom. The van der Waals surface area contributed by atoms with E-state index < -0.39 is 0 Å². The van der Waals surface area contributed by atoms with E-state index in [1.807, 2.05) is 18.2 Å². The molecule has 3 rings (SSSR count). The van der Waals surface area contributed by atoms with Crippen molar-refractivity contribution in [3.63, 3.8) is 0 Å². The lowest BCUT2D eigenvalue weighted by Crippen LogP contribution is -2.09. The second-order valence-corrected chi connectivity index (χ2v) is 5.44. The summed E-state index contributed by atoms with van der Waals surface area (Å²) in [5, 5.41) is 4.41. The van der Waals surface area contributed by atoms with E-state index in [4.69, 9.17) is 10.5 Å². The third-order valence-electron chi connectivity index (χ3n) is 3.28. The average molecular weight is 306 g/mol. The Balaban J connectivity index is 0.00000147. The van der Waals surface area contributed by atoms with Crippen LogP contribution < -0.4 is 10.5 Å². The molecule has 0 saturated heterocycles. The van der Waals surface area contributed by atoms with Gasteiger partial charge in [-0.25, -0.2) is 0 Å². The standard InChI is InChI=1S/C16H15NOS.ClH/c1-18-14-7-6-11-9-13(5-4-12(11)10-14)16(17)15-3-2-8-19-15;/h2-10,16H,17H2,1H3;1H/t16-;/m0./s1. The number of fused-ring (bicyclic) bond motifs is 1. The molecule has 2 nitrogen and oxygen atoms in total. The molecule has 104 valence electrons. The monoisotopic (exact) mass is 305 g/mol. The summed E-state index contributed by atoms with van der Waals surface area (Å²) in [5.74, 6) is 0.878. The summed E-state index contributed by atoms with van der Waals surface area (Å²) >= 11 is 1.69. The molecule has 1 atom stereocenters. The minimum Gasteiger partial charge on any atom is -0.497 e. The molecule has 0 radical (unpaired) electrons. The zero-order valence-corrected chi connectivity index (χ0v) is 12.7. The first-order valence-electron chi connectivity index (χ1n) is 6.14. The van der Waals surface area contributed by atoms with Crippen LogP contribution in [0.15, 0.2) is 53.9 Å². The van der Waals surface area contributed by atoms with Crippen LogP contribution in [0.1, 0.15) is 16.5 Å². The maximum atomic E-state index is 6.29. The Labute approximate surface area is 128 Å². The highest BCUT2D eigenvalue weighted by Crippen LogP contribution is 2.28. The molecular weight excluding hydrogens is 290 g/mol. The van der Waals surface area contributed by atoms with Crippen molar-refractivity contribution < 1.29 is 4.74 Å². The quantitative estimate of drug-likeness (QED) is 0.779. The largest absolute Gasteiger partial charge is 0.497 e. The predicted molar refractivity (Wildman–Crippen MR) is 88.1 cm³/mol. The second kappa shape index (κ2) is 6.27. The SMILES string of the molecule is COc1ccc2cc([C@H](N)c3cccs3)ccc2c1.Cl. The Kier molecular flexibility index (Phi) is 4.65. The number of methoxy groups -OCH3 is 1. The maximum Gasteiger partial charge on any atom is 0.119 e. The molecule has 20 heavy (non-hydrogen) atoms. The van der Waals surface area contributed by atoms with E-state index in [1.165, 1.54) is 15.6 Å². The van der Waals surface area contributed by atoms with Crippen molar-refractivity contribution in [3.8, 4) is 5.75 Å². The van der Waals surface area contributed by atoms with Crippen molar-refractivity contribution in [2.24, 2.45) is 5.73 Å². The summed E-state index contributed by atoms with van der Waals surface area (Å²) < 4.78 is 5.24. The van der Waals surface area contributed by atoms with Gasteiger partial charge in [0, 0.05) is 4.88 Å². The molecular formula is C16H16ClNOS. The van der Waals surface area contributed by atoms with E-state index in [0.29, 0.717) is 0 Å². The molecule has 0 saturated carbocycles. The summed E-state index contributed by atoms with van der Waals surface area (Å²) in [5.41, 5.74) is 7.43. The number of rotatable bonds is 3. The molecule has 0 aliphatic rings. The Morgan fingerprint density at radius 2 is 1.80 bits per heavy atom. The highest BCUT2D eigenvalue weighted by atomic mass is 35.5. The molecule has 3 aromatic rings. The van der Waals surface area contributed by atoms with Gasteiger partial charge in [-0.1, -0.05) is 24.3 Å². The molecule has 0 amide bonds. The number of hydrogen-bond donors (Lipinski definition) is 1. The smallest absolute Gasteiger partial charge is 0.119 e. The van der Waals surface area contributed by atoms with Crippen LogP contribution in [0, 0.1) is 0 Å². The summed E-state index contributed by atoms with van der Waals surface area (Å²) in [6.07, 6.45) is 0. The summed E-state index contributed by atoms with van der Waals surface area (Å²) in [6.45, 7) is 0. The predicted octanol–water partition coefficient (Wildman–Crippen LogP) is 4.38. The normalized spacial score (nSPS) is 11.9. The number of thiophene rings is 1. The van der Waals surface area contributed by atoms with E-state index in [2.05, 4.69) is 35.7 Å². The molecule has 0 bridgehead atoms. The van der Waals surface area contributed by atoms with Gasteiger partial charge in [0.2, 0.25) is 0 Å². The molecule has 2 aromatic carbocycles. The second-order valence-electron chi connectivity index (χ2n) is 4.47. The van der Waals surface area contributed by atoms with Crippen molar-refractivity contribution in [2.45, 2.75) is 6.04 Å². The van der Waals surface area contributed by atoms with Gasteiger partial charge in [0.25, 0.3) is 0 Å². The zero-order valence-electron chi connectivity index (χ0n) is 11.1. The van der Waals surface area contributed by atoms with Crippen LogP contribution in [-0.4, -0.2) is 7.11 Å². The average Bonchev–Trinajstić information content (AvgIpc) is 2.99. The highest BCUT2D eigenvalue weighted by molar-refractivity contribution is 7.10. The van der Waals surface area contributed by atoms with Gasteiger partial charge in [-0.3, -0.25) is 0 Å². The minimum atomic E-state index is -0.0495. The topological polar surface area (TPSA) is 35.2 Å². The van der Waals surface area contributed by atoms with Crippen LogP contribution in [0.2, 0.25) is 0 Å². The molecule has 1 aromatic heterocycles. The highest BCUT2D eigenvalue weighted by Gasteiger charge is 2.10. The molecule has 0 unspecified atom stereocenters. The lowest BCUT2D eigenvalue weighted by Gasteiger charge is -2.11. The van der Waals surface area contributed by atoms with Crippen LogP contribution in [0.4, 0.5) is 0 Å². The van der Waals surface area contributed by atoms with Crippen molar-refractivity contribution in [3.05, 3.63) is 64.4 Å². The van der Waals surface area contributed by atoms with E-state index in [-0.39, 0.29) is 18.4 Å². The number of hydrogen-bond acceptors (Lipinski definition) is 3. The fourth-order valence-electron chi connectivity index (χ4n) is 2.20. The van der Waals surface area contributed by atoms with Crippen LogP contribution in [0.5, 0.6) is 5.75 Å². The van der Waals surface area contributed by atoms with Gasteiger partial charge in [0.1, 0.15) is 5.75 Å². The van der Waals surface area contributed by atoms with E-state index in [1.54, 1.807) is 18.4 Å². The minimum absolute atomic E-state index is 0. The fraction of sp³-hybridized carbons (Fsp3) is 0.125. The lowest BCUT2D eigenvalue weighted by molar-refractivity contribution is 0.415. The molecule has 2 N–H and O–H groups in total. The van der Waals surface area contributed by atoms with Crippen molar-refractivity contribution >= 4 is 34.5 Å². The van der Waals surface area contributed by atoms with Gasteiger partial charge in [-0.15, -0.1) is 23.7 Å². The molecule has 4 heteroatoms. The lowest BCUT2D eigenvalue weighted by atomic mass is 10.0. The Bertz CT molecular complexity index is 697. The van der Waals surface area contributed by atoms with Crippen LogP contribution in [-0.2, 0) is 0 Å². The first-order valence-corrected chi connectivity index (χ1v) is 7.02. The molecule has 0 fully saturated rings. The van der Waals surface area contributed by atoms with Crippen LogP contribution >= 0.6 is 23.7 Å². The van der Waals surface area contributed by atoms with E-state index in [0.717, 1.165) is 11.3 Å². The van der Waals surface area contributed by atoms with Crippen molar-refractivity contribution in [1.82, 2.24) is 0 Å². The van der Waals surface area contributed by atoms with E-state index >= 15 is 0 Å². The van der Waals surface area contributed by atoms with Gasteiger partial charge in [-0.2, -0.15) is 0 Å². The first-order chi connectivity index (χ1) is 9.28. The summed E-state index contributed by atoms with van der Waals surface area (Å²) in [6, 6.07) is 16.5. The first kappa shape index (κ1) is 14.9. The van der Waals surface area contributed by atoms with Crippen molar-refractivity contribution in [1.29, 1.82) is 0 Å². The van der Waals surface area contributed by atoms with Crippen LogP contribution in [0.25, 0.3) is 10.8 Å². The number of benzene rings is 2. The van der Waals surface area contributed by atoms with Gasteiger partial charge < -0.3 is 10.5 Å². The molecule has 0 aliphatic heterocycles. The summed E-state index contributed by atoms with van der Waals surface area (Å²) in [7, 11) is 1.68. The third kappa shape index (κ3) is 2.80. The maximum absolute atomic E-state index is 6.29. The van der Waals surface area contributed by atoms with Crippen LogP contribution in [0.3, 0.4) is 0 Å². The molecule has 0 spiro atoms. The number of halogens is 1. The Morgan fingerprint density at radius 3 is 2.50 bits per heavy atom. The van der Waals surface area contributed by atoms with Gasteiger partial charge >= 0.3 is 0 Å². The van der Waals surface area contributed by atoms with Gasteiger partial charge in [0.15, 0.2) is 0 Å². The number of ether oxygens (including phenoxy) is 1.